The maximum absolute atomic E-state index is 13.0. The molecule has 0 bridgehead atoms. The Labute approximate surface area is 200 Å². The molecule has 4 rings (SSSR count). The van der Waals surface area contributed by atoms with Gasteiger partial charge in [-0.1, -0.05) is 39.0 Å². The first-order chi connectivity index (χ1) is 16.5. The van der Waals surface area contributed by atoms with Gasteiger partial charge in [-0.05, 0) is 55.2 Å². The fourth-order valence-corrected chi connectivity index (χ4v) is 3.66. The van der Waals surface area contributed by atoms with Gasteiger partial charge in [0, 0.05) is 0 Å². The summed E-state index contributed by atoms with van der Waals surface area (Å²) in [5.74, 6) is -1.10. The largest absolute Gasteiger partial charge is 0.478 e. The highest BCUT2D eigenvalue weighted by Gasteiger charge is 2.17. The van der Waals surface area contributed by atoms with Crippen molar-refractivity contribution < 1.29 is 9.90 Å². The lowest BCUT2D eigenvalue weighted by atomic mass is 9.87. The number of aryl methyl sites for hydroxylation is 2. The Morgan fingerprint density at radius 3 is 1.83 bits per heavy atom. The van der Waals surface area contributed by atoms with Crippen LogP contribution in [0.15, 0.2) is 68.3 Å². The van der Waals surface area contributed by atoms with E-state index in [1.54, 1.807) is 26.0 Å². The molecule has 0 aliphatic rings. The zero-order valence-corrected chi connectivity index (χ0v) is 20.1. The third kappa shape index (κ3) is 4.50. The van der Waals surface area contributed by atoms with Crippen LogP contribution in [0.4, 0.5) is 11.4 Å². The molecule has 0 unspecified atom stereocenters. The molecule has 10 nitrogen and oxygen atoms in total. The van der Waals surface area contributed by atoms with Gasteiger partial charge in [-0.2, -0.15) is 0 Å². The van der Waals surface area contributed by atoms with E-state index >= 15 is 0 Å². The molecule has 0 radical (unpaired) electrons. The van der Waals surface area contributed by atoms with Gasteiger partial charge in [0.2, 0.25) is 0 Å². The number of aromatic nitrogens is 4. The van der Waals surface area contributed by atoms with Crippen LogP contribution in [0.2, 0.25) is 0 Å². The lowest BCUT2D eigenvalue weighted by Crippen LogP contribution is -2.15. The van der Waals surface area contributed by atoms with Gasteiger partial charge in [0.15, 0.2) is 11.4 Å². The van der Waals surface area contributed by atoms with Gasteiger partial charge < -0.3 is 5.11 Å². The number of aromatic amines is 2. The van der Waals surface area contributed by atoms with Gasteiger partial charge in [0.25, 0.3) is 11.1 Å². The lowest BCUT2D eigenvalue weighted by molar-refractivity contribution is 0.0697. The number of nitrogens with zero attached hydrogens (tertiary/aromatic N) is 4. The normalized spacial score (nSPS) is 11.9. The summed E-state index contributed by atoms with van der Waals surface area (Å²) in [6, 6.07) is 13.6. The average Bonchev–Trinajstić information content (AvgIpc) is 3.26. The second kappa shape index (κ2) is 8.71. The summed E-state index contributed by atoms with van der Waals surface area (Å²) < 4.78 is 2.57. The lowest BCUT2D eigenvalue weighted by Gasteiger charge is -2.19. The summed E-state index contributed by atoms with van der Waals surface area (Å²) in [6.45, 7) is 9.70. The third-order valence-corrected chi connectivity index (χ3v) is 5.67. The van der Waals surface area contributed by atoms with Crippen LogP contribution >= 0.6 is 0 Å². The van der Waals surface area contributed by atoms with E-state index in [0.717, 1.165) is 5.56 Å². The average molecular weight is 475 g/mol. The zero-order valence-electron chi connectivity index (χ0n) is 20.1. The molecule has 0 aliphatic carbocycles. The minimum absolute atomic E-state index is 0.00915. The molecule has 2 aromatic heterocycles. The number of azo groups is 1. The van der Waals surface area contributed by atoms with Crippen molar-refractivity contribution in [2.75, 3.05) is 0 Å². The molecule has 180 valence electrons. The minimum Gasteiger partial charge on any atom is -0.478 e. The second-order valence-corrected chi connectivity index (χ2v) is 9.30. The van der Waals surface area contributed by atoms with Crippen molar-refractivity contribution in [3.8, 4) is 11.4 Å². The fraction of sp³-hybridized carbons (Fsp3) is 0.240. The second-order valence-electron chi connectivity index (χ2n) is 9.30. The Hall–Kier alpha value is -4.47. The molecule has 2 heterocycles. The molecule has 0 aliphatic heterocycles. The SMILES string of the molecule is Cc1[nH]n(-c2ccc(C(C)(C)C)cc2)c(=O)c1N=Nc1c(C)[nH]n(-c2cccc(C(=O)O)c2)c1=O. The predicted octanol–water partition coefficient (Wildman–Crippen LogP) is 4.67. The van der Waals surface area contributed by atoms with E-state index in [4.69, 9.17) is 0 Å². The van der Waals surface area contributed by atoms with Crippen LogP contribution in [-0.4, -0.2) is 30.6 Å². The molecule has 0 saturated carbocycles. The standard InChI is InChI=1S/C25H26N6O4/c1-14-20(22(32)30(28-14)18-11-9-17(10-12-18)25(3,4)5)26-27-21-15(2)29-31(23(21)33)19-8-6-7-16(13-19)24(34)35/h6-13,28-29H,1-5H3,(H,34,35). The van der Waals surface area contributed by atoms with Crippen molar-refractivity contribution in [1.29, 1.82) is 0 Å². The maximum Gasteiger partial charge on any atom is 0.335 e. The van der Waals surface area contributed by atoms with Gasteiger partial charge in [0.1, 0.15) is 0 Å². The van der Waals surface area contributed by atoms with Gasteiger partial charge >= 0.3 is 5.97 Å². The minimum atomic E-state index is -1.10. The molecule has 10 heteroatoms. The molecular weight excluding hydrogens is 448 g/mol. The van der Waals surface area contributed by atoms with Gasteiger partial charge in [-0.25, -0.2) is 14.2 Å². The Balaban J connectivity index is 1.69. The van der Waals surface area contributed by atoms with Crippen molar-refractivity contribution >= 4 is 17.3 Å². The van der Waals surface area contributed by atoms with Crippen LogP contribution in [-0.2, 0) is 5.41 Å². The summed E-state index contributed by atoms with van der Waals surface area (Å²) in [6.07, 6.45) is 0. The first-order valence-corrected chi connectivity index (χ1v) is 11.0. The van der Waals surface area contributed by atoms with E-state index in [1.807, 2.05) is 24.3 Å². The van der Waals surface area contributed by atoms with Crippen molar-refractivity contribution in [1.82, 2.24) is 19.6 Å². The van der Waals surface area contributed by atoms with Gasteiger partial charge in [-0.15, -0.1) is 10.2 Å². The third-order valence-electron chi connectivity index (χ3n) is 5.67. The number of H-pyrrole nitrogens is 2. The number of carbonyl (C=O) groups is 1. The predicted molar refractivity (Wildman–Crippen MR) is 132 cm³/mol. The number of nitrogens with one attached hydrogen (secondary N) is 2. The summed E-state index contributed by atoms with van der Waals surface area (Å²) in [4.78, 5) is 37.2. The fourth-order valence-electron chi connectivity index (χ4n) is 3.66. The molecule has 0 atom stereocenters. The molecule has 0 amide bonds. The van der Waals surface area contributed by atoms with Crippen molar-refractivity contribution in [2.45, 2.75) is 40.0 Å². The Morgan fingerprint density at radius 2 is 1.34 bits per heavy atom. The molecule has 0 saturated heterocycles. The number of rotatable bonds is 5. The van der Waals surface area contributed by atoms with E-state index in [0.29, 0.717) is 22.8 Å². The quantitative estimate of drug-likeness (QED) is 0.362. The van der Waals surface area contributed by atoms with E-state index < -0.39 is 17.1 Å². The van der Waals surface area contributed by atoms with Crippen LogP contribution in [0.5, 0.6) is 0 Å². The van der Waals surface area contributed by atoms with E-state index in [9.17, 15) is 19.5 Å². The molecule has 2 aromatic carbocycles. The summed E-state index contributed by atoms with van der Waals surface area (Å²) >= 11 is 0. The van der Waals surface area contributed by atoms with Gasteiger partial charge in [0.05, 0.1) is 28.3 Å². The Morgan fingerprint density at radius 1 is 0.829 bits per heavy atom. The van der Waals surface area contributed by atoms with E-state index in [1.165, 1.54) is 21.5 Å². The molecule has 4 aromatic rings. The molecule has 0 spiro atoms. The summed E-state index contributed by atoms with van der Waals surface area (Å²) in [7, 11) is 0. The Kier molecular flexibility index (Phi) is 5.89. The first-order valence-electron chi connectivity index (χ1n) is 11.0. The number of hydrogen-bond donors (Lipinski definition) is 3. The number of hydrogen-bond acceptors (Lipinski definition) is 5. The summed E-state index contributed by atoms with van der Waals surface area (Å²) in [5, 5.41) is 23.2. The highest BCUT2D eigenvalue weighted by molar-refractivity contribution is 5.88. The molecule has 0 fully saturated rings. The topological polar surface area (TPSA) is 138 Å². The number of carboxylic acid groups (broad SMARTS) is 1. The molecule has 35 heavy (non-hydrogen) atoms. The number of carboxylic acids is 1. The van der Waals surface area contributed by atoms with Gasteiger partial charge in [-0.3, -0.25) is 19.8 Å². The molecular formula is C25H26N6O4. The van der Waals surface area contributed by atoms with Crippen molar-refractivity contribution in [3.63, 3.8) is 0 Å². The first kappa shape index (κ1) is 23.7. The van der Waals surface area contributed by atoms with Crippen LogP contribution in [0.25, 0.3) is 11.4 Å². The van der Waals surface area contributed by atoms with Crippen LogP contribution in [0.1, 0.15) is 48.1 Å². The van der Waals surface area contributed by atoms with Crippen molar-refractivity contribution in [3.05, 3.63) is 91.8 Å². The highest BCUT2D eigenvalue weighted by Crippen LogP contribution is 2.24. The monoisotopic (exact) mass is 474 g/mol. The van der Waals surface area contributed by atoms with Crippen molar-refractivity contribution in [2.24, 2.45) is 10.2 Å². The van der Waals surface area contributed by atoms with E-state index in [-0.39, 0.29) is 22.4 Å². The number of benzene rings is 2. The number of aromatic carboxylic acids is 1. The van der Waals surface area contributed by atoms with E-state index in [2.05, 4.69) is 41.2 Å². The van der Waals surface area contributed by atoms with Crippen LogP contribution in [0.3, 0.4) is 0 Å². The summed E-state index contributed by atoms with van der Waals surface area (Å²) in [5.41, 5.74) is 2.31. The Bertz CT molecular complexity index is 1560. The van der Waals surface area contributed by atoms with Crippen LogP contribution < -0.4 is 11.1 Å². The maximum atomic E-state index is 13.0. The molecule has 3 N–H and O–H groups in total. The highest BCUT2D eigenvalue weighted by atomic mass is 16.4. The smallest absolute Gasteiger partial charge is 0.335 e. The zero-order chi connectivity index (χ0) is 25.5. The van der Waals surface area contributed by atoms with Crippen LogP contribution in [0, 0.1) is 13.8 Å².